The number of rotatable bonds is 4. The molecule has 0 atom stereocenters. The average Bonchev–Trinajstić information content (AvgIpc) is 2.71. The van der Waals surface area contributed by atoms with Crippen molar-refractivity contribution in [2.24, 2.45) is 0 Å². The Labute approximate surface area is 112 Å². The number of nitrogens with zero attached hydrogens (tertiary/aromatic N) is 2. The molecule has 0 saturated carbocycles. The van der Waals surface area contributed by atoms with Crippen molar-refractivity contribution in [2.45, 2.75) is 26.8 Å². The van der Waals surface area contributed by atoms with E-state index >= 15 is 0 Å². The van der Waals surface area contributed by atoms with Gasteiger partial charge in [-0.2, -0.15) is 0 Å². The first kappa shape index (κ1) is 13.1. The van der Waals surface area contributed by atoms with E-state index in [9.17, 15) is 4.79 Å². The SMILES string of the molecule is CCCn1cc(N)cc1C(=O)Nc1cncc(C)c1. The number of pyridine rings is 1. The second kappa shape index (κ2) is 5.56. The first-order chi connectivity index (χ1) is 9.10. The summed E-state index contributed by atoms with van der Waals surface area (Å²) in [6.07, 6.45) is 6.10. The van der Waals surface area contributed by atoms with Gasteiger partial charge in [-0.1, -0.05) is 6.92 Å². The van der Waals surface area contributed by atoms with Crippen molar-refractivity contribution in [3.05, 3.63) is 42.0 Å². The molecule has 19 heavy (non-hydrogen) atoms. The highest BCUT2D eigenvalue weighted by Gasteiger charge is 2.12. The van der Waals surface area contributed by atoms with Crippen molar-refractivity contribution in [1.82, 2.24) is 9.55 Å². The minimum atomic E-state index is -0.169. The van der Waals surface area contributed by atoms with Crippen LogP contribution in [-0.4, -0.2) is 15.5 Å². The first-order valence-electron chi connectivity index (χ1n) is 6.29. The summed E-state index contributed by atoms with van der Waals surface area (Å²) < 4.78 is 1.87. The molecule has 100 valence electrons. The van der Waals surface area contributed by atoms with Crippen LogP contribution in [-0.2, 0) is 6.54 Å². The molecular weight excluding hydrogens is 240 g/mol. The first-order valence-corrected chi connectivity index (χ1v) is 6.29. The van der Waals surface area contributed by atoms with Gasteiger partial charge in [0.15, 0.2) is 0 Å². The highest BCUT2D eigenvalue weighted by atomic mass is 16.1. The molecule has 0 unspecified atom stereocenters. The van der Waals surface area contributed by atoms with Crippen LogP contribution in [0.4, 0.5) is 11.4 Å². The van der Waals surface area contributed by atoms with Crippen LogP contribution in [0.3, 0.4) is 0 Å². The monoisotopic (exact) mass is 258 g/mol. The third-order valence-corrected chi connectivity index (χ3v) is 2.75. The van der Waals surface area contributed by atoms with Gasteiger partial charge in [0.2, 0.25) is 0 Å². The lowest BCUT2D eigenvalue weighted by Crippen LogP contribution is -2.16. The average molecular weight is 258 g/mol. The molecule has 0 aliphatic carbocycles. The van der Waals surface area contributed by atoms with Crippen LogP contribution in [0, 0.1) is 6.92 Å². The smallest absolute Gasteiger partial charge is 0.272 e. The maximum atomic E-state index is 12.2. The van der Waals surface area contributed by atoms with Crippen LogP contribution in [0.15, 0.2) is 30.7 Å². The normalized spacial score (nSPS) is 10.4. The maximum absolute atomic E-state index is 12.2. The zero-order valence-corrected chi connectivity index (χ0v) is 11.2. The molecule has 0 fully saturated rings. The zero-order chi connectivity index (χ0) is 13.8. The molecule has 0 aliphatic heterocycles. The van der Waals surface area contributed by atoms with Crippen LogP contribution < -0.4 is 11.1 Å². The predicted octanol–water partition coefficient (Wildman–Crippen LogP) is 2.44. The van der Waals surface area contributed by atoms with Gasteiger partial charge in [-0.05, 0) is 31.0 Å². The lowest BCUT2D eigenvalue weighted by atomic mass is 10.3. The molecule has 0 aliphatic rings. The van der Waals surface area contributed by atoms with E-state index in [1.165, 1.54) is 0 Å². The second-order valence-corrected chi connectivity index (χ2v) is 4.56. The third kappa shape index (κ3) is 3.13. The van der Waals surface area contributed by atoms with E-state index < -0.39 is 0 Å². The Kier molecular flexibility index (Phi) is 3.85. The maximum Gasteiger partial charge on any atom is 0.272 e. The largest absolute Gasteiger partial charge is 0.397 e. The molecule has 2 rings (SSSR count). The lowest BCUT2D eigenvalue weighted by Gasteiger charge is -2.08. The molecule has 5 heteroatoms. The molecule has 3 N–H and O–H groups in total. The van der Waals surface area contributed by atoms with E-state index in [1.54, 1.807) is 24.7 Å². The number of nitrogen functional groups attached to an aromatic ring is 1. The molecule has 0 bridgehead atoms. The number of anilines is 2. The van der Waals surface area contributed by atoms with E-state index in [2.05, 4.69) is 17.2 Å². The van der Waals surface area contributed by atoms with E-state index in [1.807, 2.05) is 17.6 Å². The van der Waals surface area contributed by atoms with Gasteiger partial charge in [0.05, 0.1) is 17.6 Å². The topological polar surface area (TPSA) is 72.9 Å². The summed E-state index contributed by atoms with van der Waals surface area (Å²) in [6.45, 7) is 4.76. The zero-order valence-electron chi connectivity index (χ0n) is 11.2. The van der Waals surface area contributed by atoms with Gasteiger partial charge in [-0.25, -0.2) is 0 Å². The Morgan fingerprint density at radius 2 is 2.21 bits per heavy atom. The summed E-state index contributed by atoms with van der Waals surface area (Å²) in [5.41, 5.74) is 8.61. The summed E-state index contributed by atoms with van der Waals surface area (Å²) in [6, 6.07) is 3.57. The quantitative estimate of drug-likeness (QED) is 0.884. The summed E-state index contributed by atoms with van der Waals surface area (Å²) in [7, 11) is 0. The number of aromatic nitrogens is 2. The molecule has 2 aromatic heterocycles. The van der Waals surface area contributed by atoms with Gasteiger partial charge < -0.3 is 15.6 Å². The number of hydrogen-bond acceptors (Lipinski definition) is 3. The van der Waals surface area contributed by atoms with Crippen molar-refractivity contribution in [3.63, 3.8) is 0 Å². The van der Waals surface area contributed by atoms with E-state index in [-0.39, 0.29) is 5.91 Å². The van der Waals surface area contributed by atoms with Gasteiger partial charge in [0, 0.05) is 18.9 Å². The fraction of sp³-hybridized carbons (Fsp3) is 0.286. The molecule has 2 heterocycles. The van der Waals surface area contributed by atoms with Crippen LogP contribution in [0.5, 0.6) is 0 Å². The predicted molar refractivity (Wildman–Crippen MR) is 76.1 cm³/mol. The lowest BCUT2D eigenvalue weighted by molar-refractivity contribution is 0.101. The van der Waals surface area contributed by atoms with Crippen LogP contribution >= 0.6 is 0 Å². The minimum absolute atomic E-state index is 0.169. The van der Waals surface area contributed by atoms with Crippen molar-refractivity contribution >= 4 is 17.3 Å². The van der Waals surface area contributed by atoms with Gasteiger partial charge in [0.25, 0.3) is 5.91 Å². The summed E-state index contributed by atoms with van der Waals surface area (Å²) in [5.74, 6) is -0.169. The fourth-order valence-electron chi connectivity index (χ4n) is 1.97. The number of amides is 1. The van der Waals surface area contributed by atoms with E-state index in [0.717, 1.165) is 18.5 Å². The molecule has 0 spiro atoms. The van der Waals surface area contributed by atoms with Crippen molar-refractivity contribution in [3.8, 4) is 0 Å². The van der Waals surface area contributed by atoms with Crippen LogP contribution in [0.2, 0.25) is 0 Å². The Bertz CT molecular complexity index is 589. The van der Waals surface area contributed by atoms with Gasteiger partial charge in [-0.15, -0.1) is 0 Å². The second-order valence-electron chi connectivity index (χ2n) is 4.56. The molecule has 1 amide bonds. The van der Waals surface area contributed by atoms with Gasteiger partial charge in [0.1, 0.15) is 5.69 Å². The van der Waals surface area contributed by atoms with Gasteiger partial charge >= 0.3 is 0 Å². The molecule has 0 radical (unpaired) electrons. The van der Waals surface area contributed by atoms with Crippen molar-refractivity contribution in [2.75, 3.05) is 11.1 Å². The molecule has 0 saturated heterocycles. The van der Waals surface area contributed by atoms with Gasteiger partial charge in [-0.3, -0.25) is 9.78 Å². The number of hydrogen-bond donors (Lipinski definition) is 2. The number of aryl methyl sites for hydroxylation is 2. The standard InChI is InChI=1S/C14H18N4O/c1-3-4-18-9-11(15)6-13(18)14(19)17-12-5-10(2)7-16-8-12/h5-9H,3-4,15H2,1-2H3,(H,17,19). The Hall–Kier alpha value is -2.30. The Balaban J connectivity index is 2.20. The summed E-state index contributed by atoms with van der Waals surface area (Å²) in [5, 5.41) is 2.83. The highest BCUT2D eigenvalue weighted by molar-refractivity contribution is 6.03. The third-order valence-electron chi connectivity index (χ3n) is 2.75. The van der Waals surface area contributed by atoms with Crippen molar-refractivity contribution in [1.29, 1.82) is 0 Å². The summed E-state index contributed by atoms with van der Waals surface area (Å²) >= 11 is 0. The molecule has 2 aromatic rings. The molecular formula is C14H18N4O. The van der Waals surface area contributed by atoms with E-state index in [0.29, 0.717) is 17.1 Å². The Morgan fingerprint density at radius 1 is 1.42 bits per heavy atom. The van der Waals surface area contributed by atoms with Crippen LogP contribution in [0.1, 0.15) is 29.4 Å². The Morgan fingerprint density at radius 3 is 2.89 bits per heavy atom. The summed E-state index contributed by atoms with van der Waals surface area (Å²) in [4.78, 5) is 16.3. The number of nitrogens with one attached hydrogen (secondary N) is 1. The molecule has 5 nitrogen and oxygen atoms in total. The van der Waals surface area contributed by atoms with E-state index in [4.69, 9.17) is 5.73 Å². The number of carbonyl (C=O) groups excluding carboxylic acids is 1. The molecule has 0 aromatic carbocycles. The van der Waals surface area contributed by atoms with Crippen LogP contribution in [0.25, 0.3) is 0 Å². The number of nitrogens with two attached hydrogens (primary N) is 1. The fourth-order valence-corrected chi connectivity index (χ4v) is 1.97. The number of carbonyl (C=O) groups is 1. The minimum Gasteiger partial charge on any atom is -0.397 e. The van der Waals surface area contributed by atoms with Crippen molar-refractivity contribution < 1.29 is 4.79 Å². The highest BCUT2D eigenvalue weighted by Crippen LogP contribution is 2.14.